The van der Waals surface area contributed by atoms with Crippen LogP contribution in [0.5, 0.6) is 0 Å². The first kappa shape index (κ1) is 13.4. The Kier molecular flexibility index (Phi) is 4.86. The van der Waals surface area contributed by atoms with Crippen molar-refractivity contribution < 1.29 is 15.1 Å². The summed E-state index contributed by atoms with van der Waals surface area (Å²) in [6.45, 7) is 0.365. The lowest BCUT2D eigenvalue weighted by molar-refractivity contribution is -0.384. The number of rotatable bonds is 6. The van der Waals surface area contributed by atoms with Crippen molar-refractivity contribution in [2.75, 3.05) is 25.1 Å². The molecule has 0 aliphatic carbocycles. The second-order valence-corrected chi connectivity index (χ2v) is 3.74. The van der Waals surface area contributed by atoms with Crippen molar-refractivity contribution >= 4 is 11.4 Å². The summed E-state index contributed by atoms with van der Waals surface area (Å²) in [6.07, 6.45) is 0.551. The smallest absolute Gasteiger partial charge is 0.292 e. The third-order valence-corrected chi connectivity index (χ3v) is 2.48. The molecule has 0 atom stereocenters. The van der Waals surface area contributed by atoms with Crippen LogP contribution in [0.1, 0.15) is 12.0 Å². The molecule has 1 rings (SSSR count). The van der Waals surface area contributed by atoms with Crippen LogP contribution in [0, 0.1) is 10.1 Å². The summed E-state index contributed by atoms with van der Waals surface area (Å²) in [5.41, 5.74) is 0.966. The summed E-state index contributed by atoms with van der Waals surface area (Å²) in [7, 11) is 1.73. The van der Waals surface area contributed by atoms with Crippen LogP contribution in [0.3, 0.4) is 0 Å². The molecule has 0 spiro atoms. The summed E-state index contributed by atoms with van der Waals surface area (Å²) in [4.78, 5) is 12.2. The van der Waals surface area contributed by atoms with E-state index in [0.29, 0.717) is 24.2 Å². The molecule has 0 radical (unpaired) electrons. The lowest BCUT2D eigenvalue weighted by Crippen LogP contribution is -2.20. The Balaban J connectivity index is 3.01. The van der Waals surface area contributed by atoms with Gasteiger partial charge in [-0.25, -0.2) is 0 Å². The van der Waals surface area contributed by atoms with Crippen LogP contribution in [0.25, 0.3) is 0 Å². The van der Waals surface area contributed by atoms with E-state index in [1.54, 1.807) is 24.1 Å². The van der Waals surface area contributed by atoms with Gasteiger partial charge in [-0.1, -0.05) is 6.07 Å². The van der Waals surface area contributed by atoms with Crippen LogP contribution in [0.15, 0.2) is 18.2 Å². The van der Waals surface area contributed by atoms with Gasteiger partial charge in [0.15, 0.2) is 0 Å². The van der Waals surface area contributed by atoms with E-state index in [2.05, 4.69) is 0 Å². The maximum absolute atomic E-state index is 10.9. The molecule has 1 aromatic rings. The van der Waals surface area contributed by atoms with Gasteiger partial charge in [0, 0.05) is 26.3 Å². The molecule has 17 heavy (non-hydrogen) atoms. The Bertz CT molecular complexity index is 395. The van der Waals surface area contributed by atoms with E-state index in [0.717, 1.165) is 0 Å². The van der Waals surface area contributed by atoms with Gasteiger partial charge in [0.2, 0.25) is 0 Å². The molecule has 0 amide bonds. The molecule has 6 heteroatoms. The number of anilines is 1. The summed E-state index contributed by atoms with van der Waals surface area (Å²) in [5.74, 6) is 0. The summed E-state index contributed by atoms with van der Waals surface area (Å²) in [5, 5.41) is 28.6. The molecule has 0 fully saturated rings. The second-order valence-electron chi connectivity index (χ2n) is 3.74. The molecule has 0 saturated heterocycles. The molecule has 0 bridgehead atoms. The van der Waals surface area contributed by atoms with Crippen molar-refractivity contribution in [1.29, 1.82) is 0 Å². The zero-order valence-corrected chi connectivity index (χ0v) is 9.67. The zero-order valence-electron chi connectivity index (χ0n) is 9.67. The minimum Gasteiger partial charge on any atom is -0.396 e. The van der Waals surface area contributed by atoms with Crippen LogP contribution < -0.4 is 4.90 Å². The average Bonchev–Trinajstić information content (AvgIpc) is 2.35. The predicted molar refractivity (Wildman–Crippen MR) is 64.0 cm³/mol. The lowest BCUT2D eigenvalue weighted by Gasteiger charge is -2.18. The molecular weight excluding hydrogens is 224 g/mol. The summed E-state index contributed by atoms with van der Waals surface area (Å²) in [6, 6.07) is 4.63. The van der Waals surface area contributed by atoms with E-state index < -0.39 is 4.92 Å². The molecule has 6 nitrogen and oxygen atoms in total. The number of nitrogens with zero attached hydrogens (tertiary/aromatic N) is 2. The third kappa shape index (κ3) is 3.40. The topological polar surface area (TPSA) is 86.8 Å². The van der Waals surface area contributed by atoms with Gasteiger partial charge in [0.1, 0.15) is 5.69 Å². The number of benzene rings is 1. The fourth-order valence-electron chi connectivity index (χ4n) is 1.56. The number of hydrogen-bond acceptors (Lipinski definition) is 5. The largest absolute Gasteiger partial charge is 0.396 e. The van der Waals surface area contributed by atoms with E-state index >= 15 is 0 Å². The van der Waals surface area contributed by atoms with Gasteiger partial charge in [-0.15, -0.1) is 0 Å². The maximum Gasteiger partial charge on any atom is 0.292 e. The summed E-state index contributed by atoms with van der Waals surface area (Å²) < 4.78 is 0. The van der Waals surface area contributed by atoms with Gasteiger partial charge in [-0.2, -0.15) is 0 Å². The Hall–Kier alpha value is -1.66. The Morgan fingerprint density at radius 3 is 2.65 bits per heavy atom. The highest BCUT2D eigenvalue weighted by Crippen LogP contribution is 2.28. The molecule has 2 N–H and O–H groups in total. The first-order chi connectivity index (χ1) is 8.10. The molecule has 0 aromatic heterocycles. The summed E-state index contributed by atoms with van der Waals surface area (Å²) >= 11 is 0. The van der Waals surface area contributed by atoms with Crippen LogP contribution >= 0.6 is 0 Å². The van der Waals surface area contributed by atoms with E-state index in [-0.39, 0.29) is 18.9 Å². The van der Waals surface area contributed by atoms with Crippen molar-refractivity contribution in [1.82, 2.24) is 0 Å². The highest BCUT2D eigenvalue weighted by atomic mass is 16.6. The predicted octanol–water partition coefficient (Wildman–Crippen LogP) is 0.906. The third-order valence-electron chi connectivity index (χ3n) is 2.48. The number of nitro groups is 1. The molecular formula is C11H16N2O4. The maximum atomic E-state index is 10.9. The highest BCUT2D eigenvalue weighted by molar-refractivity contribution is 5.63. The standard InChI is InChI=1S/C11H16N2O4/c1-12(5-2-6-14)10-4-3-9(8-15)7-11(10)13(16)17/h3-4,7,14-15H,2,5-6,8H2,1H3. The quantitative estimate of drug-likeness (QED) is 0.570. The Labute approximate surface area is 99.3 Å². The number of nitro benzene ring substituents is 1. The van der Waals surface area contributed by atoms with Crippen molar-refractivity contribution in [2.24, 2.45) is 0 Å². The van der Waals surface area contributed by atoms with Gasteiger partial charge < -0.3 is 15.1 Å². The van der Waals surface area contributed by atoms with Gasteiger partial charge in [0.25, 0.3) is 5.69 Å². The van der Waals surface area contributed by atoms with Crippen molar-refractivity contribution in [3.8, 4) is 0 Å². The van der Waals surface area contributed by atoms with Gasteiger partial charge in [0.05, 0.1) is 11.5 Å². The SMILES string of the molecule is CN(CCCO)c1ccc(CO)cc1[N+](=O)[O-]. The van der Waals surface area contributed by atoms with Crippen molar-refractivity contribution in [2.45, 2.75) is 13.0 Å². The van der Waals surface area contributed by atoms with Crippen LogP contribution in [-0.2, 0) is 6.61 Å². The normalized spacial score (nSPS) is 10.3. The molecule has 0 saturated carbocycles. The van der Waals surface area contributed by atoms with Crippen LogP contribution in [-0.4, -0.2) is 35.3 Å². The zero-order chi connectivity index (χ0) is 12.8. The molecule has 0 aliphatic rings. The van der Waals surface area contributed by atoms with E-state index in [1.165, 1.54) is 6.07 Å². The van der Waals surface area contributed by atoms with Crippen LogP contribution in [0.2, 0.25) is 0 Å². The number of hydrogen-bond donors (Lipinski definition) is 2. The minimum absolute atomic E-state index is 0.0306. The van der Waals surface area contributed by atoms with Gasteiger partial charge in [-0.05, 0) is 18.1 Å². The second kappa shape index (κ2) is 6.17. The fourth-order valence-corrected chi connectivity index (χ4v) is 1.56. The molecule has 0 aliphatic heterocycles. The van der Waals surface area contributed by atoms with E-state index in [4.69, 9.17) is 10.2 Å². The molecule has 94 valence electrons. The first-order valence-electron chi connectivity index (χ1n) is 5.30. The minimum atomic E-state index is -0.468. The Morgan fingerprint density at radius 1 is 1.41 bits per heavy atom. The molecule has 1 aromatic carbocycles. The molecule has 0 heterocycles. The Morgan fingerprint density at radius 2 is 2.12 bits per heavy atom. The number of aliphatic hydroxyl groups is 2. The monoisotopic (exact) mass is 240 g/mol. The average molecular weight is 240 g/mol. The fraction of sp³-hybridized carbons (Fsp3) is 0.455. The number of aliphatic hydroxyl groups excluding tert-OH is 2. The van der Waals surface area contributed by atoms with E-state index in [9.17, 15) is 10.1 Å². The molecule has 0 unspecified atom stereocenters. The van der Waals surface area contributed by atoms with Gasteiger partial charge >= 0.3 is 0 Å². The van der Waals surface area contributed by atoms with Gasteiger partial charge in [-0.3, -0.25) is 10.1 Å². The van der Waals surface area contributed by atoms with E-state index in [1.807, 2.05) is 0 Å². The van der Waals surface area contributed by atoms with Crippen LogP contribution in [0.4, 0.5) is 11.4 Å². The lowest BCUT2D eigenvalue weighted by atomic mass is 10.1. The highest BCUT2D eigenvalue weighted by Gasteiger charge is 2.17. The van der Waals surface area contributed by atoms with Crippen molar-refractivity contribution in [3.05, 3.63) is 33.9 Å². The van der Waals surface area contributed by atoms with Crippen molar-refractivity contribution in [3.63, 3.8) is 0 Å². The first-order valence-corrected chi connectivity index (χ1v) is 5.30.